The van der Waals surface area contributed by atoms with Crippen LogP contribution in [0.3, 0.4) is 0 Å². The summed E-state index contributed by atoms with van der Waals surface area (Å²) in [6, 6.07) is 8.33. The van der Waals surface area contributed by atoms with E-state index in [2.05, 4.69) is 12.1 Å². The molecule has 1 aliphatic rings. The second-order valence-electron chi connectivity index (χ2n) is 5.21. The van der Waals surface area contributed by atoms with E-state index in [9.17, 15) is 4.79 Å². The quantitative estimate of drug-likeness (QED) is 0.869. The predicted molar refractivity (Wildman–Crippen MR) is 79.7 cm³/mol. The van der Waals surface area contributed by atoms with E-state index in [1.165, 1.54) is 10.1 Å². The number of nitrogens with zero attached hydrogens (tertiary/aromatic N) is 1. The molecule has 2 aromatic rings. The maximum atomic E-state index is 12.6. The van der Waals surface area contributed by atoms with Crippen molar-refractivity contribution in [3.63, 3.8) is 0 Å². The van der Waals surface area contributed by atoms with Crippen molar-refractivity contribution in [2.75, 3.05) is 13.1 Å². The van der Waals surface area contributed by atoms with Gasteiger partial charge in [-0.3, -0.25) is 4.79 Å². The number of hydrogen-bond donors (Lipinski definition) is 1. The molecule has 0 bridgehead atoms. The molecule has 1 amide bonds. The average Bonchev–Trinajstić information content (AvgIpc) is 2.76. The van der Waals surface area contributed by atoms with Gasteiger partial charge in [-0.15, -0.1) is 11.3 Å². The number of likely N-dealkylation sites (tertiary alicyclic amines) is 1. The van der Waals surface area contributed by atoms with Crippen molar-refractivity contribution < 1.29 is 4.79 Å². The number of piperidine rings is 1. The molecule has 0 radical (unpaired) electrons. The lowest BCUT2D eigenvalue weighted by atomic mass is 10.1. The van der Waals surface area contributed by atoms with Gasteiger partial charge >= 0.3 is 0 Å². The Bertz CT molecular complexity index is 620. The van der Waals surface area contributed by atoms with Crippen LogP contribution < -0.4 is 5.73 Å². The molecule has 2 heterocycles. The second-order valence-corrected chi connectivity index (χ2v) is 6.26. The first-order chi connectivity index (χ1) is 9.16. The normalized spacial score (nSPS) is 19.9. The third-order valence-electron chi connectivity index (χ3n) is 3.78. The van der Waals surface area contributed by atoms with Gasteiger partial charge in [0.25, 0.3) is 5.91 Å². The van der Waals surface area contributed by atoms with Crippen molar-refractivity contribution in [2.24, 2.45) is 5.73 Å². The lowest BCUT2D eigenvalue weighted by Gasteiger charge is -2.30. The van der Waals surface area contributed by atoms with Crippen molar-refractivity contribution >= 4 is 27.3 Å². The minimum Gasteiger partial charge on any atom is -0.336 e. The number of hydrogen-bond acceptors (Lipinski definition) is 3. The van der Waals surface area contributed by atoms with Crippen LogP contribution in [0, 0.1) is 6.92 Å². The van der Waals surface area contributed by atoms with Crippen molar-refractivity contribution in [1.29, 1.82) is 0 Å². The molecule has 1 fully saturated rings. The highest BCUT2D eigenvalue weighted by molar-refractivity contribution is 7.21. The fourth-order valence-electron chi connectivity index (χ4n) is 2.72. The van der Waals surface area contributed by atoms with Gasteiger partial charge in [0.05, 0.1) is 4.88 Å². The summed E-state index contributed by atoms with van der Waals surface area (Å²) in [5, 5.41) is 1.19. The maximum Gasteiger partial charge on any atom is 0.264 e. The summed E-state index contributed by atoms with van der Waals surface area (Å²) in [6.45, 7) is 3.56. The molecule has 2 N–H and O–H groups in total. The number of benzene rings is 1. The van der Waals surface area contributed by atoms with Crippen LogP contribution in [0.15, 0.2) is 24.3 Å². The second kappa shape index (κ2) is 4.94. The first kappa shape index (κ1) is 12.6. The average molecular weight is 274 g/mol. The van der Waals surface area contributed by atoms with E-state index in [1.54, 1.807) is 11.3 Å². The van der Waals surface area contributed by atoms with Gasteiger partial charge in [-0.2, -0.15) is 0 Å². The molecule has 0 aliphatic carbocycles. The third-order valence-corrected chi connectivity index (χ3v) is 5.04. The number of aryl methyl sites for hydroxylation is 1. The van der Waals surface area contributed by atoms with Gasteiger partial charge in [-0.05, 0) is 36.8 Å². The summed E-state index contributed by atoms with van der Waals surface area (Å²) in [6.07, 6.45) is 2.03. The topological polar surface area (TPSA) is 46.3 Å². The minimum atomic E-state index is 0.132. The lowest BCUT2D eigenvalue weighted by Crippen LogP contribution is -2.45. The molecule has 1 aliphatic heterocycles. The maximum absolute atomic E-state index is 12.6. The van der Waals surface area contributed by atoms with Gasteiger partial charge in [0.15, 0.2) is 0 Å². The van der Waals surface area contributed by atoms with Gasteiger partial charge in [0.2, 0.25) is 0 Å². The summed E-state index contributed by atoms with van der Waals surface area (Å²) in [7, 11) is 0. The monoisotopic (exact) mass is 274 g/mol. The predicted octanol–water partition coefficient (Wildman–Crippen LogP) is 2.77. The summed E-state index contributed by atoms with van der Waals surface area (Å²) >= 11 is 1.59. The molecule has 4 heteroatoms. The number of rotatable bonds is 1. The Morgan fingerprint density at radius 3 is 2.95 bits per heavy atom. The molecule has 0 spiro atoms. The van der Waals surface area contributed by atoms with E-state index < -0.39 is 0 Å². The third kappa shape index (κ3) is 2.26. The molecule has 1 aromatic carbocycles. The highest BCUT2D eigenvalue weighted by Gasteiger charge is 2.25. The van der Waals surface area contributed by atoms with Crippen molar-refractivity contribution in [3.8, 4) is 0 Å². The summed E-state index contributed by atoms with van der Waals surface area (Å²) in [5.41, 5.74) is 7.07. The lowest BCUT2D eigenvalue weighted by molar-refractivity contribution is 0.0713. The smallest absolute Gasteiger partial charge is 0.264 e. The number of nitrogens with two attached hydrogens (primary N) is 1. The number of amides is 1. The van der Waals surface area contributed by atoms with Crippen LogP contribution in [0.1, 0.15) is 28.1 Å². The van der Waals surface area contributed by atoms with Gasteiger partial charge < -0.3 is 10.6 Å². The molecule has 3 rings (SSSR count). The zero-order valence-electron chi connectivity index (χ0n) is 11.1. The SMILES string of the molecule is Cc1c(C(=O)N2CCC[C@@H](N)C2)sc2ccccc12. The van der Waals surface area contributed by atoms with E-state index in [1.807, 2.05) is 24.0 Å². The highest BCUT2D eigenvalue weighted by atomic mass is 32.1. The molecular weight excluding hydrogens is 256 g/mol. The minimum absolute atomic E-state index is 0.132. The summed E-state index contributed by atoms with van der Waals surface area (Å²) in [4.78, 5) is 15.4. The molecule has 0 saturated carbocycles. The van der Waals surface area contributed by atoms with Gasteiger partial charge in [-0.25, -0.2) is 0 Å². The molecule has 0 unspecified atom stereocenters. The molecule has 1 saturated heterocycles. The van der Waals surface area contributed by atoms with Crippen LogP contribution in [0.25, 0.3) is 10.1 Å². The van der Waals surface area contributed by atoms with Crippen LogP contribution in [-0.4, -0.2) is 29.9 Å². The van der Waals surface area contributed by atoms with E-state index in [0.717, 1.165) is 29.8 Å². The Morgan fingerprint density at radius 1 is 1.42 bits per heavy atom. The van der Waals surface area contributed by atoms with E-state index in [-0.39, 0.29) is 11.9 Å². The van der Waals surface area contributed by atoms with Crippen molar-refractivity contribution in [1.82, 2.24) is 4.90 Å². The highest BCUT2D eigenvalue weighted by Crippen LogP contribution is 2.31. The van der Waals surface area contributed by atoms with Crippen LogP contribution in [0.5, 0.6) is 0 Å². The largest absolute Gasteiger partial charge is 0.336 e. The number of carbonyl (C=O) groups excluding carboxylic acids is 1. The Morgan fingerprint density at radius 2 is 2.21 bits per heavy atom. The molecule has 1 aromatic heterocycles. The number of thiophene rings is 1. The molecule has 1 atom stereocenters. The van der Waals surface area contributed by atoms with E-state index >= 15 is 0 Å². The van der Waals surface area contributed by atoms with Crippen LogP contribution in [-0.2, 0) is 0 Å². The first-order valence-electron chi connectivity index (χ1n) is 6.70. The van der Waals surface area contributed by atoms with Crippen molar-refractivity contribution in [3.05, 3.63) is 34.7 Å². The number of carbonyl (C=O) groups is 1. The van der Waals surface area contributed by atoms with E-state index in [4.69, 9.17) is 5.73 Å². The van der Waals surface area contributed by atoms with E-state index in [0.29, 0.717) is 6.54 Å². The molecule has 3 nitrogen and oxygen atoms in total. The van der Waals surface area contributed by atoms with Crippen LogP contribution in [0.2, 0.25) is 0 Å². The fourth-order valence-corrected chi connectivity index (χ4v) is 3.89. The number of fused-ring (bicyclic) bond motifs is 1. The van der Waals surface area contributed by atoms with Gasteiger partial charge in [-0.1, -0.05) is 18.2 Å². The van der Waals surface area contributed by atoms with Crippen LogP contribution >= 0.6 is 11.3 Å². The standard InChI is InChI=1S/C15H18N2OS/c1-10-12-6-2-3-7-13(12)19-14(10)15(18)17-8-4-5-11(16)9-17/h2-3,6-7,11H,4-5,8-9,16H2,1H3/t11-/m1/s1. The van der Waals surface area contributed by atoms with Crippen LogP contribution in [0.4, 0.5) is 0 Å². The summed E-state index contributed by atoms with van der Waals surface area (Å²) < 4.78 is 1.18. The summed E-state index contributed by atoms with van der Waals surface area (Å²) in [5.74, 6) is 0.147. The Kier molecular flexibility index (Phi) is 3.29. The molecule has 19 heavy (non-hydrogen) atoms. The molecular formula is C15H18N2OS. The Balaban J connectivity index is 1.95. The zero-order valence-corrected chi connectivity index (χ0v) is 11.9. The van der Waals surface area contributed by atoms with Gasteiger partial charge in [0.1, 0.15) is 0 Å². The zero-order chi connectivity index (χ0) is 13.4. The fraction of sp³-hybridized carbons (Fsp3) is 0.400. The van der Waals surface area contributed by atoms with Gasteiger partial charge in [0, 0.05) is 23.8 Å². The first-order valence-corrected chi connectivity index (χ1v) is 7.51. The van der Waals surface area contributed by atoms with Crippen molar-refractivity contribution in [2.45, 2.75) is 25.8 Å². The molecule has 100 valence electrons. The Labute approximate surface area is 117 Å². The Hall–Kier alpha value is -1.39.